The second-order valence-electron chi connectivity index (χ2n) is 8.83. The van der Waals surface area contributed by atoms with E-state index in [-0.39, 0.29) is 29.4 Å². The summed E-state index contributed by atoms with van der Waals surface area (Å²) < 4.78 is 7.54. The second-order valence-corrected chi connectivity index (χ2v) is 8.83. The zero-order chi connectivity index (χ0) is 23.2. The highest BCUT2D eigenvalue weighted by Gasteiger charge is 2.50. The van der Waals surface area contributed by atoms with Crippen LogP contribution in [0.25, 0.3) is 5.65 Å². The number of aryl methyl sites for hydroxylation is 2. The number of aromatic nitrogens is 5. The standard InChI is InChI=1S/C22H28N8O3/c1-4-33-20-16(19(32)27-17-8-29-6-13(2)25-18(29)14(3)26-17)5-24-21(28-20)30-7-15(9-31)22(12-30)10-23-11-22/h5-6,8,15,23,31H,4,7,9-12H2,1-3H3,(H,27,32). The van der Waals surface area contributed by atoms with Gasteiger partial charge in [-0.15, -0.1) is 0 Å². The van der Waals surface area contributed by atoms with Gasteiger partial charge in [0.25, 0.3) is 5.91 Å². The van der Waals surface area contributed by atoms with E-state index in [0.717, 1.165) is 31.0 Å². The number of imidazole rings is 1. The number of hydrogen-bond donors (Lipinski definition) is 3. The fraction of sp³-hybridized carbons (Fsp3) is 0.500. The summed E-state index contributed by atoms with van der Waals surface area (Å²) in [6.07, 6.45) is 5.10. The van der Waals surface area contributed by atoms with Crippen LogP contribution < -0.4 is 20.3 Å². The summed E-state index contributed by atoms with van der Waals surface area (Å²) in [5.41, 5.74) is 2.62. The molecule has 2 fully saturated rings. The Morgan fingerprint density at radius 3 is 2.79 bits per heavy atom. The molecule has 0 radical (unpaired) electrons. The molecule has 3 aromatic heterocycles. The Morgan fingerprint density at radius 2 is 2.12 bits per heavy atom. The fourth-order valence-electron chi connectivity index (χ4n) is 4.71. The number of aliphatic hydroxyl groups is 1. The molecule has 11 heteroatoms. The van der Waals surface area contributed by atoms with Gasteiger partial charge in [0.15, 0.2) is 5.65 Å². The summed E-state index contributed by atoms with van der Waals surface area (Å²) >= 11 is 0. The molecular weight excluding hydrogens is 424 g/mol. The first-order valence-electron chi connectivity index (χ1n) is 11.1. The maximum absolute atomic E-state index is 13.1. The first kappa shape index (κ1) is 21.5. The van der Waals surface area contributed by atoms with Crippen molar-refractivity contribution in [3.63, 3.8) is 0 Å². The van der Waals surface area contributed by atoms with Crippen molar-refractivity contribution in [1.29, 1.82) is 0 Å². The average Bonchev–Trinajstić information content (AvgIpc) is 3.34. The quantitative estimate of drug-likeness (QED) is 0.497. The van der Waals surface area contributed by atoms with Gasteiger partial charge < -0.3 is 29.8 Å². The molecular formula is C22H28N8O3. The van der Waals surface area contributed by atoms with Gasteiger partial charge in [0, 0.05) is 56.5 Å². The van der Waals surface area contributed by atoms with Crippen LogP contribution in [-0.4, -0.2) is 74.7 Å². The molecule has 11 nitrogen and oxygen atoms in total. The Hall–Kier alpha value is -3.31. The van der Waals surface area contributed by atoms with E-state index in [2.05, 4.69) is 35.5 Å². The third kappa shape index (κ3) is 3.76. The minimum absolute atomic E-state index is 0.0494. The van der Waals surface area contributed by atoms with Crippen molar-refractivity contribution in [1.82, 2.24) is 29.7 Å². The van der Waals surface area contributed by atoms with E-state index < -0.39 is 5.91 Å². The van der Waals surface area contributed by atoms with Crippen LogP contribution in [0.5, 0.6) is 5.88 Å². The summed E-state index contributed by atoms with van der Waals surface area (Å²) in [6.45, 7) is 9.27. The van der Waals surface area contributed by atoms with Crippen LogP contribution >= 0.6 is 0 Å². The molecule has 5 rings (SSSR count). The highest BCUT2D eigenvalue weighted by Crippen LogP contribution is 2.40. The average molecular weight is 453 g/mol. The Morgan fingerprint density at radius 1 is 1.30 bits per heavy atom. The number of nitrogens with zero attached hydrogens (tertiary/aromatic N) is 6. The Kier molecular flexibility index (Phi) is 5.37. The first-order valence-corrected chi connectivity index (χ1v) is 11.1. The van der Waals surface area contributed by atoms with Crippen molar-refractivity contribution in [2.24, 2.45) is 11.3 Å². The van der Waals surface area contributed by atoms with E-state index in [1.165, 1.54) is 6.20 Å². The first-order chi connectivity index (χ1) is 15.9. The summed E-state index contributed by atoms with van der Waals surface area (Å²) in [5, 5.41) is 16.0. The van der Waals surface area contributed by atoms with Gasteiger partial charge in [-0.25, -0.2) is 15.0 Å². The molecule has 0 aliphatic carbocycles. The van der Waals surface area contributed by atoms with Gasteiger partial charge in [0.1, 0.15) is 11.4 Å². The minimum Gasteiger partial charge on any atom is -0.477 e. The van der Waals surface area contributed by atoms with Gasteiger partial charge in [-0.1, -0.05) is 0 Å². The molecule has 1 spiro atoms. The van der Waals surface area contributed by atoms with Crippen LogP contribution in [0.15, 0.2) is 18.6 Å². The van der Waals surface area contributed by atoms with Crippen LogP contribution in [0, 0.1) is 25.2 Å². The lowest BCUT2D eigenvalue weighted by Crippen LogP contribution is -2.58. The molecule has 174 valence electrons. The van der Waals surface area contributed by atoms with E-state index in [4.69, 9.17) is 4.74 Å². The number of amides is 1. The van der Waals surface area contributed by atoms with Crippen molar-refractivity contribution in [3.8, 4) is 5.88 Å². The highest BCUT2D eigenvalue weighted by molar-refractivity contribution is 6.05. The smallest absolute Gasteiger partial charge is 0.263 e. The summed E-state index contributed by atoms with van der Waals surface area (Å²) in [7, 11) is 0. The van der Waals surface area contributed by atoms with Gasteiger partial charge in [-0.3, -0.25) is 4.79 Å². The monoisotopic (exact) mass is 452 g/mol. The van der Waals surface area contributed by atoms with E-state index in [0.29, 0.717) is 30.6 Å². The van der Waals surface area contributed by atoms with Crippen molar-refractivity contribution in [3.05, 3.63) is 35.5 Å². The third-order valence-electron chi connectivity index (χ3n) is 6.50. The van der Waals surface area contributed by atoms with Crippen LogP contribution in [-0.2, 0) is 0 Å². The van der Waals surface area contributed by atoms with Gasteiger partial charge in [-0.05, 0) is 20.8 Å². The van der Waals surface area contributed by atoms with Crippen LogP contribution in [0.3, 0.4) is 0 Å². The van der Waals surface area contributed by atoms with E-state index >= 15 is 0 Å². The summed E-state index contributed by atoms with van der Waals surface area (Å²) in [4.78, 5) is 33.0. The molecule has 0 aromatic carbocycles. The molecule has 3 aromatic rings. The maximum atomic E-state index is 13.1. The molecule has 1 unspecified atom stereocenters. The Labute approximate surface area is 191 Å². The molecule has 3 N–H and O–H groups in total. The number of nitrogens with one attached hydrogen (secondary N) is 2. The lowest BCUT2D eigenvalue weighted by atomic mass is 9.73. The molecule has 1 atom stereocenters. The molecule has 1 amide bonds. The van der Waals surface area contributed by atoms with Crippen molar-refractivity contribution in [2.75, 3.05) is 49.6 Å². The molecule has 2 aliphatic heterocycles. The minimum atomic E-state index is -0.401. The van der Waals surface area contributed by atoms with Crippen LogP contribution in [0.1, 0.15) is 28.7 Å². The topological polar surface area (TPSA) is 130 Å². The number of aliphatic hydroxyl groups excluding tert-OH is 1. The predicted octanol–water partition coefficient (Wildman–Crippen LogP) is 0.805. The van der Waals surface area contributed by atoms with Gasteiger partial charge in [0.05, 0.1) is 24.2 Å². The number of fused-ring (bicyclic) bond motifs is 1. The predicted molar refractivity (Wildman–Crippen MR) is 122 cm³/mol. The number of carbonyl (C=O) groups is 1. The number of ether oxygens (including phenoxy) is 1. The summed E-state index contributed by atoms with van der Waals surface area (Å²) in [6, 6.07) is 0. The SMILES string of the molecule is CCOc1nc(N2CC(CO)C3(CNC3)C2)ncc1C(=O)Nc1cn2cc(C)nc2c(C)n1. The number of hydrogen-bond acceptors (Lipinski definition) is 9. The number of carbonyl (C=O) groups excluding carboxylic acids is 1. The third-order valence-corrected chi connectivity index (χ3v) is 6.50. The van der Waals surface area contributed by atoms with E-state index in [9.17, 15) is 9.90 Å². The molecule has 5 heterocycles. The van der Waals surface area contributed by atoms with Crippen molar-refractivity contribution in [2.45, 2.75) is 20.8 Å². The van der Waals surface area contributed by atoms with Gasteiger partial charge >= 0.3 is 0 Å². The number of anilines is 2. The van der Waals surface area contributed by atoms with Crippen LogP contribution in [0.2, 0.25) is 0 Å². The fourth-order valence-corrected chi connectivity index (χ4v) is 4.71. The highest BCUT2D eigenvalue weighted by atomic mass is 16.5. The molecule has 2 saturated heterocycles. The van der Waals surface area contributed by atoms with Crippen LogP contribution in [0.4, 0.5) is 11.8 Å². The number of rotatable bonds is 6. The Bertz CT molecular complexity index is 1210. The zero-order valence-electron chi connectivity index (χ0n) is 19.0. The molecule has 2 aliphatic rings. The van der Waals surface area contributed by atoms with Gasteiger partial charge in [0.2, 0.25) is 11.8 Å². The second kappa shape index (κ2) is 8.23. The lowest BCUT2D eigenvalue weighted by molar-refractivity contribution is 0.0802. The normalized spacial score (nSPS) is 19.2. The van der Waals surface area contributed by atoms with E-state index in [1.54, 1.807) is 6.20 Å². The molecule has 0 bridgehead atoms. The Balaban J connectivity index is 1.39. The molecule has 33 heavy (non-hydrogen) atoms. The maximum Gasteiger partial charge on any atom is 0.263 e. The van der Waals surface area contributed by atoms with Crippen molar-refractivity contribution < 1.29 is 14.6 Å². The largest absolute Gasteiger partial charge is 0.477 e. The zero-order valence-corrected chi connectivity index (χ0v) is 19.0. The lowest BCUT2D eigenvalue weighted by Gasteiger charge is -2.42. The molecule has 0 saturated carbocycles. The summed E-state index contributed by atoms with van der Waals surface area (Å²) in [5.74, 6) is 0.893. The van der Waals surface area contributed by atoms with E-state index in [1.807, 2.05) is 31.4 Å². The van der Waals surface area contributed by atoms with Gasteiger partial charge in [-0.2, -0.15) is 4.98 Å². The van der Waals surface area contributed by atoms with Crippen molar-refractivity contribution >= 4 is 23.3 Å².